The van der Waals surface area contributed by atoms with Gasteiger partial charge in [-0.1, -0.05) is 48.6 Å². The summed E-state index contributed by atoms with van der Waals surface area (Å²) in [5.74, 6) is -0.880. The molecule has 2 unspecified atom stereocenters. The molecular formula is C24H32N2O4. The lowest BCUT2D eigenvalue weighted by Gasteiger charge is -2.40. The molecule has 162 valence electrons. The summed E-state index contributed by atoms with van der Waals surface area (Å²) in [6.45, 7) is 10.2. The number of hydrogen-bond donors (Lipinski definition) is 1. The third-order valence-electron chi connectivity index (χ3n) is 5.53. The SMILES string of the molecule is C=CCN(C1C(C(=O)OC)[C@@H]2C=C[C@H]1O2)[C@H](Cc1ccccc1)C(=O)NC(C)(C)C. The maximum absolute atomic E-state index is 13.4. The van der Waals surface area contributed by atoms with E-state index in [1.807, 2.05) is 63.3 Å². The molecule has 0 spiro atoms. The van der Waals surface area contributed by atoms with E-state index >= 15 is 0 Å². The van der Waals surface area contributed by atoms with E-state index in [4.69, 9.17) is 9.47 Å². The summed E-state index contributed by atoms with van der Waals surface area (Å²) in [5.41, 5.74) is 0.675. The van der Waals surface area contributed by atoms with E-state index in [0.29, 0.717) is 13.0 Å². The van der Waals surface area contributed by atoms with Crippen LogP contribution in [0.25, 0.3) is 0 Å². The molecule has 1 N–H and O–H groups in total. The van der Waals surface area contributed by atoms with Crippen LogP contribution in [0.5, 0.6) is 0 Å². The van der Waals surface area contributed by atoms with Crippen LogP contribution in [0.1, 0.15) is 26.3 Å². The molecule has 2 aliphatic heterocycles. The van der Waals surface area contributed by atoms with E-state index in [0.717, 1.165) is 5.56 Å². The van der Waals surface area contributed by atoms with Crippen LogP contribution in [0, 0.1) is 5.92 Å². The van der Waals surface area contributed by atoms with Crippen molar-refractivity contribution in [1.29, 1.82) is 0 Å². The summed E-state index contributed by atoms with van der Waals surface area (Å²) in [6.07, 6.45) is 5.58. The third-order valence-corrected chi connectivity index (χ3v) is 5.53. The Morgan fingerprint density at radius 3 is 2.50 bits per heavy atom. The molecule has 1 aromatic rings. The molecule has 1 amide bonds. The molecule has 0 radical (unpaired) electrons. The highest BCUT2D eigenvalue weighted by molar-refractivity contribution is 5.83. The van der Waals surface area contributed by atoms with E-state index in [9.17, 15) is 9.59 Å². The first-order valence-corrected chi connectivity index (χ1v) is 10.4. The molecule has 2 aliphatic rings. The largest absolute Gasteiger partial charge is 0.469 e. The number of nitrogens with one attached hydrogen (secondary N) is 1. The van der Waals surface area contributed by atoms with Crippen molar-refractivity contribution in [1.82, 2.24) is 10.2 Å². The molecule has 30 heavy (non-hydrogen) atoms. The first-order valence-electron chi connectivity index (χ1n) is 10.4. The summed E-state index contributed by atoms with van der Waals surface area (Å²) >= 11 is 0. The first kappa shape index (κ1) is 22.2. The number of hydrogen-bond acceptors (Lipinski definition) is 5. The number of methoxy groups -OCH3 is 1. The predicted octanol–water partition coefficient (Wildman–Crippen LogP) is 2.50. The van der Waals surface area contributed by atoms with Crippen molar-refractivity contribution < 1.29 is 19.1 Å². The second-order valence-corrected chi connectivity index (χ2v) is 8.92. The zero-order valence-electron chi connectivity index (χ0n) is 18.2. The topological polar surface area (TPSA) is 67.9 Å². The standard InChI is InChI=1S/C24H32N2O4/c1-6-14-26(21-19-13-12-18(30-19)20(21)23(28)29-5)17(22(27)25-24(2,3)4)15-16-10-8-7-9-11-16/h6-13,17-21H,1,14-15H2,2-5H3,(H,25,27)/t17-,18+,19-,20?,21?/m1/s1. The van der Waals surface area contributed by atoms with Crippen LogP contribution < -0.4 is 5.32 Å². The molecule has 3 rings (SSSR count). The minimum atomic E-state index is -0.488. The number of esters is 1. The van der Waals surface area contributed by atoms with Gasteiger partial charge in [0, 0.05) is 12.1 Å². The van der Waals surface area contributed by atoms with E-state index in [1.54, 1.807) is 6.08 Å². The number of carbonyl (C=O) groups excluding carboxylic acids is 2. The average molecular weight is 413 g/mol. The van der Waals surface area contributed by atoms with Gasteiger partial charge in [0.05, 0.1) is 31.4 Å². The Kier molecular flexibility index (Phi) is 6.78. The van der Waals surface area contributed by atoms with Crippen LogP contribution in [-0.2, 0) is 25.5 Å². The molecule has 2 bridgehead atoms. The summed E-state index contributed by atoms with van der Waals surface area (Å²) in [7, 11) is 1.39. The fraction of sp³-hybridized carbons (Fsp3) is 0.500. The molecule has 2 heterocycles. The van der Waals surface area contributed by atoms with Gasteiger partial charge in [-0.15, -0.1) is 6.58 Å². The zero-order chi connectivity index (χ0) is 21.9. The van der Waals surface area contributed by atoms with Gasteiger partial charge >= 0.3 is 5.97 Å². The van der Waals surface area contributed by atoms with Gasteiger partial charge in [0.25, 0.3) is 0 Å². The summed E-state index contributed by atoms with van der Waals surface area (Å²) < 4.78 is 11.1. The van der Waals surface area contributed by atoms with E-state index in [1.165, 1.54) is 7.11 Å². The molecule has 1 saturated heterocycles. The average Bonchev–Trinajstić information content (AvgIpc) is 3.31. The Labute approximate surface area is 178 Å². The van der Waals surface area contributed by atoms with Crippen LogP contribution >= 0.6 is 0 Å². The number of fused-ring (bicyclic) bond motifs is 2. The van der Waals surface area contributed by atoms with Crippen molar-refractivity contribution in [2.45, 2.75) is 57.0 Å². The van der Waals surface area contributed by atoms with E-state index in [2.05, 4.69) is 16.8 Å². The van der Waals surface area contributed by atoms with Gasteiger partial charge < -0.3 is 14.8 Å². The van der Waals surface area contributed by atoms with Gasteiger partial charge in [-0.2, -0.15) is 0 Å². The van der Waals surface area contributed by atoms with E-state index in [-0.39, 0.29) is 35.7 Å². The predicted molar refractivity (Wildman–Crippen MR) is 116 cm³/mol. The number of ether oxygens (including phenoxy) is 2. The van der Waals surface area contributed by atoms with E-state index < -0.39 is 12.0 Å². The van der Waals surface area contributed by atoms with Gasteiger partial charge in [-0.05, 0) is 32.8 Å². The van der Waals surface area contributed by atoms with Crippen LogP contribution in [0.3, 0.4) is 0 Å². The lowest BCUT2D eigenvalue weighted by Crippen LogP contribution is -2.59. The number of rotatable bonds is 8. The van der Waals surface area contributed by atoms with Crippen LogP contribution in [0.15, 0.2) is 55.1 Å². The Balaban J connectivity index is 1.98. The molecule has 6 nitrogen and oxygen atoms in total. The molecule has 5 atom stereocenters. The first-order chi connectivity index (χ1) is 14.2. The number of nitrogens with zero attached hydrogens (tertiary/aromatic N) is 1. The fourth-order valence-electron chi connectivity index (χ4n) is 4.35. The summed E-state index contributed by atoms with van der Waals surface area (Å²) in [6, 6.07) is 9.12. The molecule has 6 heteroatoms. The van der Waals surface area contributed by atoms with Crippen molar-refractivity contribution >= 4 is 11.9 Å². The summed E-state index contributed by atoms with van der Waals surface area (Å²) in [5, 5.41) is 3.11. The van der Waals surface area contributed by atoms with Crippen LogP contribution in [-0.4, -0.2) is 60.3 Å². The van der Waals surface area contributed by atoms with Gasteiger partial charge in [-0.3, -0.25) is 14.5 Å². The highest BCUT2D eigenvalue weighted by atomic mass is 16.5. The zero-order valence-corrected chi connectivity index (χ0v) is 18.2. The van der Waals surface area contributed by atoms with Crippen molar-refractivity contribution in [3.8, 4) is 0 Å². The Morgan fingerprint density at radius 2 is 1.90 bits per heavy atom. The Bertz CT molecular complexity index is 799. The molecular weight excluding hydrogens is 380 g/mol. The molecule has 1 aromatic carbocycles. The van der Waals surface area contributed by atoms with Gasteiger partial charge in [0.2, 0.25) is 5.91 Å². The lowest BCUT2D eigenvalue weighted by molar-refractivity contribution is -0.149. The van der Waals surface area contributed by atoms with Gasteiger partial charge in [0.1, 0.15) is 5.92 Å². The fourth-order valence-corrected chi connectivity index (χ4v) is 4.35. The minimum absolute atomic E-state index is 0.0800. The molecule has 0 aromatic heterocycles. The smallest absolute Gasteiger partial charge is 0.313 e. The number of benzene rings is 1. The van der Waals surface area contributed by atoms with Gasteiger partial charge in [0.15, 0.2) is 0 Å². The number of carbonyl (C=O) groups is 2. The van der Waals surface area contributed by atoms with Crippen molar-refractivity contribution in [3.63, 3.8) is 0 Å². The highest BCUT2D eigenvalue weighted by Gasteiger charge is 2.54. The maximum Gasteiger partial charge on any atom is 0.313 e. The molecule has 0 aliphatic carbocycles. The minimum Gasteiger partial charge on any atom is -0.469 e. The monoisotopic (exact) mass is 412 g/mol. The normalized spacial score (nSPS) is 25.9. The highest BCUT2D eigenvalue weighted by Crippen LogP contribution is 2.39. The quantitative estimate of drug-likeness (QED) is 0.525. The van der Waals surface area contributed by atoms with Crippen LogP contribution in [0.4, 0.5) is 0 Å². The van der Waals surface area contributed by atoms with Crippen molar-refractivity contribution in [3.05, 3.63) is 60.7 Å². The number of amides is 1. The Hall–Kier alpha value is -2.44. The third kappa shape index (κ3) is 4.82. The molecule has 1 fully saturated rings. The van der Waals surface area contributed by atoms with Crippen molar-refractivity contribution in [2.24, 2.45) is 5.92 Å². The van der Waals surface area contributed by atoms with Crippen molar-refractivity contribution in [2.75, 3.05) is 13.7 Å². The Morgan fingerprint density at radius 1 is 1.23 bits per heavy atom. The van der Waals surface area contributed by atoms with Crippen LogP contribution in [0.2, 0.25) is 0 Å². The summed E-state index contributed by atoms with van der Waals surface area (Å²) in [4.78, 5) is 28.1. The maximum atomic E-state index is 13.4. The second-order valence-electron chi connectivity index (χ2n) is 8.92. The van der Waals surface area contributed by atoms with Gasteiger partial charge in [-0.25, -0.2) is 0 Å². The lowest BCUT2D eigenvalue weighted by atomic mass is 9.86. The molecule has 0 saturated carbocycles. The second kappa shape index (κ2) is 9.14.